The van der Waals surface area contributed by atoms with Crippen molar-refractivity contribution in [2.24, 2.45) is 5.73 Å². The van der Waals surface area contributed by atoms with Gasteiger partial charge in [-0.25, -0.2) is 14.8 Å². The molecule has 1 atom stereocenters. The first-order valence-corrected chi connectivity index (χ1v) is 9.28. The molecule has 8 heteroatoms. The smallest absolute Gasteiger partial charge is 0.314 e. The summed E-state index contributed by atoms with van der Waals surface area (Å²) in [6.45, 7) is 2.56. The molecular formula is C19H24N6O2. The van der Waals surface area contributed by atoms with Gasteiger partial charge in [0, 0.05) is 25.0 Å². The number of nitrogens with zero attached hydrogens (tertiary/aromatic N) is 4. The van der Waals surface area contributed by atoms with Crippen molar-refractivity contribution in [3.05, 3.63) is 30.6 Å². The Morgan fingerprint density at radius 1 is 1.30 bits per heavy atom. The summed E-state index contributed by atoms with van der Waals surface area (Å²) in [6.07, 6.45) is 4.78. The van der Waals surface area contributed by atoms with Crippen molar-refractivity contribution in [3.8, 4) is 0 Å². The van der Waals surface area contributed by atoms with E-state index in [2.05, 4.69) is 20.6 Å². The van der Waals surface area contributed by atoms with Gasteiger partial charge in [0.25, 0.3) is 0 Å². The number of benzene rings is 1. The van der Waals surface area contributed by atoms with E-state index < -0.39 is 0 Å². The van der Waals surface area contributed by atoms with Crippen LogP contribution >= 0.6 is 0 Å². The second-order valence-electron chi connectivity index (χ2n) is 6.92. The third-order valence-electron chi connectivity index (χ3n) is 5.11. The first-order chi connectivity index (χ1) is 13.1. The summed E-state index contributed by atoms with van der Waals surface area (Å²) in [7, 11) is 0. The number of amides is 2. The Morgan fingerprint density at radius 3 is 3.00 bits per heavy atom. The van der Waals surface area contributed by atoms with Gasteiger partial charge in [-0.15, -0.1) is 0 Å². The zero-order chi connectivity index (χ0) is 18.8. The highest BCUT2D eigenvalue weighted by atomic mass is 16.5. The van der Waals surface area contributed by atoms with Crippen LogP contribution in [0.1, 0.15) is 19.3 Å². The van der Waals surface area contributed by atoms with Crippen molar-refractivity contribution in [2.45, 2.75) is 31.9 Å². The molecule has 1 aromatic carbocycles. The largest absolute Gasteiger partial charge is 0.382 e. The van der Waals surface area contributed by atoms with Crippen LogP contribution in [0.2, 0.25) is 0 Å². The molecule has 142 valence electrons. The minimum atomic E-state index is -0.369. The van der Waals surface area contributed by atoms with E-state index in [4.69, 9.17) is 16.2 Å². The maximum atomic E-state index is 11.3. The number of carbonyl (C=O) groups is 1. The number of hydrogen-bond acceptors (Lipinski definition) is 5. The van der Waals surface area contributed by atoms with E-state index >= 15 is 0 Å². The van der Waals surface area contributed by atoms with Crippen molar-refractivity contribution in [2.75, 3.05) is 25.4 Å². The Hall–Kier alpha value is -2.87. The lowest BCUT2D eigenvalue weighted by atomic mass is 10.1. The van der Waals surface area contributed by atoms with Gasteiger partial charge in [0.05, 0.1) is 30.1 Å². The van der Waals surface area contributed by atoms with E-state index in [9.17, 15) is 4.79 Å². The van der Waals surface area contributed by atoms with E-state index in [-0.39, 0.29) is 12.1 Å². The van der Waals surface area contributed by atoms with Crippen molar-refractivity contribution in [1.29, 1.82) is 0 Å². The van der Waals surface area contributed by atoms with Crippen LogP contribution in [0.5, 0.6) is 0 Å². The number of primary amides is 1. The molecule has 0 saturated carbocycles. The molecule has 2 amide bonds. The monoisotopic (exact) mass is 368 g/mol. The number of rotatable bonds is 5. The Labute approximate surface area is 157 Å². The Bertz CT molecular complexity index is 969. The number of aryl methyl sites for hydroxylation is 1. The number of imidazole rings is 1. The number of morpholine rings is 1. The quantitative estimate of drug-likeness (QED) is 0.670. The molecule has 1 saturated heterocycles. The molecule has 2 aromatic heterocycles. The maximum Gasteiger partial charge on any atom is 0.314 e. The van der Waals surface area contributed by atoms with Gasteiger partial charge in [-0.2, -0.15) is 0 Å². The predicted octanol–water partition coefficient (Wildman–Crippen LogP) is 2.12. The van der Waals surface area contributed by atoms with Crippen LogP contribution in [0, 0.1) is 0 Å². The average Bonchev–Trinajstić information content (AvgIpc) is 3.10. The minimum absolute atomic E-state index is 0.0615. The van der Waals surface area contributed by atoms with Crippen LogP contribution in [0.15, 0.2) is 30.6 Å². The Kier molecular flexibility index (Phi) is 4.81. The van der Waals surface area contributed by atoms with E-state index in [1.807, 2.05) is 24.5 Å². The molecule has 4 N–H and O–H groups in total. The first-order valence-electron chi connectivity index (χ1n) is 9.28. The van der Waals surface area contributed by atoms with Crippen LogP contribution in [-0.4, -0.2) is 51.3 Å². The molecule has 8 nitrogen and oxygen atoms in total. The average molecular weight is 368 g/mol. The Balaban J connectivity index is 1.42. The summed E-state index contributed by atoms with van der Waals surface area (Å²) in [5.41, 5.74) is 14.1. The van der Waals surface area contributed by atoms with Gasteiger partial charge in [-0.1, -0.05) is 18.2 Å². The summed E-state index contributed by atoms with van der Waals surface area (Å²) in [6, 6.07) is 7.61. The molecule has 0 spiro atoms. The van der Waals surface area contributed by atoms with Crippen molar-refractivity contribution < 1.29 is 9.53 Å². The molecule has 0 aliphatic carbocycles. The minimum Gasteiger partial charge on any atom is -0.382 e. The van der Waals surface area contributed by atoms with Crippen molar-refractivity contribution in [1.82, 2.24) is 19.4 Å². The second kappa shape index (κ2) is 7.40. The fourth-order valence-electron chi connectivity index (χ4n) is 3.72. The number of anilines is 1. The van der Waals surface area contributed by atoms with Crippen LogP contribution in [0.4, 0.5) is 10.6 Å². The zero-order valence-corrected chi connectivity index (χ0v) is 15.2. The van der Waals surface area contributed by atoms with Gasteiger partial charge in [-0.05, 0) is 25.3 Å². The number of ether oxygens (including phenoxy) is 1. The lowest BCUT2D eigenvalue weighted by Crippen LogP contribution is -2.47. The molecule has 0 radical (unpaired) electrons. The van der Waals surface area contributed by atoms with Gasteiger partial charge in [0.15, 0.2) is 5.82 Å². The summed E-state index contributed by atoms with van der Waals surface area (Å²) in [5.74, 6) is 0.463. The molecule has 1 aliphatic heterocycles. The number of nitrogens with two attached hydrogens (primary N) is 2. The highest BCUT2D eigenvalue weighted by Crippen LogP contribution is 2.27. The van der Waals surface area contributed by atoms with E-state index in [0.717, 1.165) is 47.7 Å². The molecule has 0 bridgehead atoms. The van der Waals surface area contributed by atoms with E-state index in [0.29, 0.717) is 25.5 Å². The molecule has 1 fully saturated rings. The summed E-state index contributed by atoms with van der Waals surface area (Å²) >= 11 is 0. The normalized spacial score (nSPS) is 17.6. The number of urea groups is 1. The lowest BCUT2D eigenvalue weighted by Gasteiger charge is -2.31. The molecule has 1 aliphatic rings. The summed E-state index contributed by atoms with van der Waals surface area (Å²) < 4.78 is 7.89. The standard InChI is InChI=1S/C19H24N6O2/c20-18-16-17(14-6-1-2-7-15(14)23-18)25(12-22-16)8-4-3-5-13-11-24(19(21)26)9-10-27-13/h1-2,6-7,12-13H,3-5,8-11H2,(H2,20,23)(H2,21,26). The summed E-state index contributed by atoms with van der Waals surface area (Å²) in [4.78, 5) is 21.9. The van der Waals surface area contributed by atoms with Gasteiger partial charge in [0.2, 0.25) is 0 Å². The fourth-order valence-corrected chi connectivity index (χ4v) is 3.72. The van der Waals surface area contributed by atoms with Gasteiger partial charge < -0.3 is 25.7 Å². The maximum absolute atomic E-state index is 11.3. The number of pyridine rings is 1. The lowest BCUT2D eigenvalue weighted by molar-refractivity contribution is -0.0178. The SMILES string of the molecule is NC(=O)N1CCOC(CCCCn2cnc3c(N)nc4ccccc4c32)C1. The van der Waals surface area contributed by atoms with Gasteiger partial charge >= 0.3 is 6.03 Å². The third kappa shape index (κ3) is 3.52. The fraction of sp³-hybridized carbons (Fsp3) is 0.421. The number of hydrogen-bond donors (Lipinski definition) is 2. The zero-order valence-electron chi connectivity index (χ0n) is 15.2. The highest BCUT2D eigenvalue weighted by Gasteiger charge is 2.22. The van der Waals surface area contributed by atoms with Gasteiger partial charge in [-0.3, -0.25) is 0 Å². The van der Waals surface area contributed by atoms with Gasteiger partial charge in [0.1, 0.15) is 5.52 Å². The van der Waals surface area contributed by atoms with E-state index in [1.165, 1.54) is 0 Å². The highest BCUT2D eigenvalue weighted by molar-refractivity contribution is 6.06. The van der Waals surface area contributed by atoms with E-state index in [1.54, 1.807) is 4.90 Å². The molecule has 3 heterocycles. The van der Waals surface area contributed by atoms with Crippen molar-refractivity contribution >= 4 is 33.8 Å². The van der Waals surface area contributed by atoms with Crippen LogP contribution in [0.25, 0.3) is 21.9 Å². The predicted molar refractivity (Wildman–Crippen MR) is 104 cm³/mol. The number of aromatic nitrogens is 3. The number of fused-ring (bicyclic) bond motifs is 3. The van der Waals surface area contributed by atoms with Crippen molar-refractivity contribution in [3.63, 3.8) is 0 Å². The molecule has 4 rings (SSSR count). The summed E-state index contributed by atoms with van der Waals surface area (Å²) in [5, 5.41) is 1.06. The van der Waals surface area contributed by atoms with Crippen LogP contribution in [-0.2, 0) is 11.3 Å². The molecule has 27 heavy (non-hydrogen) atoms. The number of carbonyl (C=O) groups excluding carboxylic acids is 1. The topological polar surface area (TPSA) is 112 Å². The number of unbranched alkanes of at least 4 members (excludes halogenated alkanes) is 1. The molecule has 1 unspecified atom stereocenters. The molecule has 3 aromatic rings. The first kappa shape index (κ1) is 17.5. The molecular weight excluding hydrogens is 344 g/mol. The van der Waals surface area contributed by atoms with Crippen LogP contribution < -0.4 is 11.5 Å². The second-order valence-corrected chi connectivity index (χ2v) is 6.92. The van der Waals surface area contributed by atoms with Crippen LogP contribution in [0.3, 0.4) is 0 Å². The number of nitrogen functional groups attached to an aromatic ring is 1. The number of para-hydroxylation sites is 1. The third-order valence-corrected chi connectivity index (χ3v) is 5.11. The Morgan fingerprint density at radius 2 is 2.15 bits per heavy atom.